The lowest BCUT2D eigenvalue weighted by Gasteiger charge is -2.16. The Morgan fingerprint density at radius 3 is 1.67 bits per heavy atom. The molecule has 33 heavy (non-hydrogen) atoms. The maximum atomic E-state index is 11.3. The number of carboxylic acid groups (broad SMARTS) is 2. The molecule has 4 aromatic rings. The zero-order valence-corrected chi connectivity index (χ0v) is 18.6. The van der Waals surface area contributed by atoms with Gasteiger partial charge in [-0.05, 0) is 47.2 Å². The summed E-state index contributed by atoms with van der Waals surface area (Å²) in [6.45, 7) is 0. The van der Waals surface area contributed by atoms with Crippen LogP contribution in [0.4, 0.5) is 5.69 Å². The van der Waals surface area contributed by atoms with Gasteiger partial charge in [0, 0.05) is 30.6 Å². The highest BCUT2D eigenvalue weighted by Crippen LogP contribution is 2.29. The van der Waals surface area contributed by atoms with Gasteiger partial charge >= 0.3 is 11.9 Å². The van der Waals surface area contributed by atoms with E-state index in [1.165, 1.54) is 30.3 Å². The normalized spacial score (nSPS) is 11.0. The lowest BCUT2D eigenvalue weighted by molar-refractivity contribution is 0.0686. The third kappa shape index (κ3) is 5.28. The van der Waals surface area contributed by atoms with E-state index in [-0.39, 0.29) is 16.0 Å². The molecule has 0 bridgehead atoms. The van der Waals surface area contributed by atoms with Crippen molar-refractivity contribution in [2.75, 3.05) is 19.0 Å². The van der Waals surface area contributed by atoms with E-state index in [0.29, 0.717) is 16.2 Å². The predicted molar refractivity (Wildman–Crippen MR) is 126 cm³/mol. The van der Waals surface area contributed by atoms with Gasteiger partial charge in [0.05, 0.1) is 11.1 Å². The fraction of sp³-hybridized carbons (Fsp3) is 0.0833. The first kappa shape index (κ1) is 23.7. The van der Waals surface area contributed by atoms with Crippen molar-refractivity contribution in [2.24, 2.45) is 0 Å². The monoisotopic (exact) mass is 467 g/mol. The molecule has 0 saturated heterocycles. The van der Waals surface area contributed by atoms with Gasteiger partial charge in [0.15, 0.2) is 0 Å². The first-order chi connectivity index (χ1) is 15.5. The van der Waals surface area contributed by atoms with Crippen LogP contribution in [-0.4, -0.2) is 49.2 Å². The van der Waals surface area contributed by atoms with Gasteiger partial charge in [0.1, 0.15) is 4.90 Å². The summed E-state index contributed by atoms with van der Waals surface area (Å²) in [5, 5.41) is 20.3. The van der Waals surface area contributed by atoms with Gasteiger partial charge in [0.25, 0.3) is 10.1 Å². The number of hydrogen-bond acceptors (Lipinski definition) is 5. The summed E-state index contributed by atoms with van der Waals surface area (Å²) < 4.78 is 31.7. The largest absolute Gasteiger partial charge is 0.478 e. The van der Waals surface area contributed by atoms with Gasteiger partial charge in [-0.2, -0.15) is 8.42 Å². The molecule has 4 rings (SSSR count). The number of nitrogens with zero attached hydrogens (tertiary/aromatic N) is 1. The van der Waals surface area contributed by atoms with Crippen LogP contribution in [0, 0.1) is 0 Å². The second-order valence-corrected chi connectivity index (χ2v) is 8.77. The Bertz CT molecular complexity index is 1420. The number of benzene rings is 4. The molecule has 0 unspecified atom stereocenters. The highest BCUT2D eigenvalue weighted by atomic mass is 32.2. The lowest BCUT2D eigenvalue weighted by Crippen LogP contribution is -2.09. The molecule has 0 spiro atoms. The highest BCUT2D eigenvalue weighted by molar-refractivity contribution is 7.86. The van der Waals surface area contributed by atoms with Crippen molar-refractivity contribution in [1.82, 2.24) is 0 Å². The topological polar surface area (TPSA) is 132 Å². The minimum absolute atomic E-state index is 0.0568. The van der Waals surface area contributed by atoms with Gasteiger partial charge < -0.3 is 15.1 Å². The van der Waals surface area contributed by atoms with Crippen molar-refractivity contribution in [3.63, 3.8) is 0 Å². The minimum Gasteiger partial charge on any atom is -0.478 e. The van der Waals surface area contributed by atoms with Gasteiger partial charge in [-0.15, -0.1) is 0 Å². The van der Waals surface area contributed by atoms with Crippen molar-refractivity contribution in [1.29, 1.82) is 0 Å². The van der Waals surface area contributed by atoms with Crippen LogP contribution in [0.15, 0.2) is 77.7 Å². The first-order valence-electron chi connectivity index (χ1n) is 9.66. The maximum absolute atomic E-state index is 11.3. The van der Waals surface area contributed by atoms with Crippen molar-refractivity contribution in [3.8, 4) is 0 Å². The fourth-order valence-electron chi connectivity index (χ4n) is 3.39. The Balaban J connectivity index is 0.000000186. The average molecular weight is 467 g/mol. The number of carboxylic acids is 2. The lowest BCUT2D eigenvalue weighted by atomic mass is 10.0. The van der Waals surface area contributed by atoms with E-state index in [2.05, 4.69) is 0 Å². The van der Waals surface area contributed by atoms with Crippen LogP contribution in [0.25, 0.3) is 21.5 Å². The van der Waals surface area contributed by atoms with Gasteiger partial charge in [-0.3, -0.25) is 4.55 Å². The molecule has 0 heterocycles. The van der Waals surface area contributed by atoms with Crippen molar-refractivity contribution in [3.05, 3.63) is 83.9 Å². The summed E-state index contributed by atoms with van der Waals surface area (Å²) in [4.78, 5) is 23.3. The van der Waals surface area contributed by atoms with Crippen molar-refractivity contribution < 1.29 is 32.8 Å². The molecular weight excluding hydrogens is 446 g/mol. The molecule has 170 valence electrons. The van der Waals surface area contributed by atoms with E-state index in [0.717, 1.165) is 11.1 Å². The molecular formula is C24H21NO7S. The number of fused-ring (bicyclic) bond motifs is 2. The zero-order chi connectivity index (χ0) is 24.3. The fourth-order valence-corrected chi connectivity index (χ4v) is 4.10. The summed E-state index contributed by atoms with van der Waals surface area (Å²) in [7, 11) is -0.423. The molecule has 9 heteroatoms. The third-order valence-electron chi connectivity index (χ3n) is 4.95. The smallest absolute Gasteiger partial charge is 0.335 e. The number of carbonyl (C=O) groups is 2. The summed E-state index contributed by atoms with van der Waals surface area (Å²) in [5.41, 5.74) is 1.29. The van der Waals surface area contributed by atoms with E-state index in [1.54, 1.807) is 30.3 Å². The molecule has 0 amide bonds. The SMILES string of the molecule is CN(C)c1cccc2c(S(=O)(=O)O)cccc12.O=C(O)c1ccc2cc(C(=O)O)ccc2c1. The van der Waals surface area contributed by atoms with E-state index in [4.69, 9.17) is 10.2 Å². The van der Waals surface area contributed by atoms with Crippen LogP contribution in [0.3, 0.4) is 0 Å². The van der Waals surface area contributed by atoms with Crippen LogP contribution in [0.5, 0.6) is 0 Å². The van der Waals surface area contributed by atoms with Gasteiger partial charge in [0.2, 0.25) is 0 Å². The summed E-state index contributed by atoms with van der Waals surface area (Å²) in [5.74, 6) is -1.99. The second kappa shape index (κ2) is 9.27. The number of anilines is 1. The molecule has 4 aromatic carbocycles. The highest BCUT2D eigenvalue weighted by Gasteiger charge is 2.15. The van der Waals surface area contributed by atoms with Crippen LogP contribution >= 0.6 is 0 Å². The predicted octanol–water partition coefficient (Wildman–Crippen LogP) is 4.39. The second-order valence-electron chi connectivity index (χ2n) is 7.38. The van der Waals surface area contributed by atoms with E-state index < -0.39 is 22.1 Å². The molecule has 0 aliphatic heterocycles. The Morgan fingerprint density at radius 2 is 1.21 bits per heavy atom. The first-order valence-corrected chi connectivity index (χ1v) is 11.1. The van der Waals surface area contributed by atoms with Gasteiger partial charge in [-0.1, -0.05) is 36.4 Å². The molecule has 0 aromatic heterocycles. The molecule has 0 radical (unpaired) electrons. The van der Waals surface area contributed by atoms with Crippen LogP contribution in [-0.2, 0) is 10.1 Å². The number of aromatic carboxylic acids is 2. The Morgan fingerprint density at radius 1 is 0.727 bits per heavy atom. The van der Waals surface area contributed by atoms with Crippen LogP contribution < -0.4 is 4.90 Å². The molecule has 8 nitrogen and oxygen atoms in total. The van der Waals surface area contributed by atoms with Crippen molar-refractivity contribution in [2.45, 2.75) is 4.90 Å². The standard InChI is InChI=1S/C12H13NO3S.C12H8O4/c1-13(2)11-7-3-6-10-9(11)5-4-8-12(10)17(14,15)16;13-11(14)9-3-1-7-5-10(12(15)16)4-2-8(7)6-9/h3-8H,1-2H3,(H,14,15,16);1-6H,(H,13,14)(H,15,16). The number of rotatable bonds is 4. The molecule has 0 aliphatic rings. The number of hydrogen-bond donors (Lipinski definition) is 3. The summed E-state index contributed by atoms with van der Waals surface area (Å²) in [6.07, 6.45) is 0. The molecule has 0 saturated carbocycles. The molecule has 3 N–H and O–H groups in total. The quantitative estimate of drug-likeness (QED) is 0.377. The summed E-state index contributed by atoms with van der Waals surface area (Å²) in [6, 6.07) is 19.4. The Hall–Kier alpha value is -3.95. The minimum atomic E-state index is -4.19. The molecule has 0 aliphatic carbocycles. The molecule has 0 fully saturated rings. The maximum Gasteiger partial charge on any atom is 0.335 e. The van der Waals surface area contributed by atoms with Crippen molar-refractivity contribution >= 4 is 49.3 Å². The van der Waals surface area contributed by atoms with Gasteiger partial charge in [-0.25, -0.2) is 9.59 Å². The third-order valence-corrected chi connectivity index (χ3v) is 5.86. The van der Waals surface area contributed by atoms with E-state index in [1.807, 2.05) is 31.1 Å². The van der Waals surface area contributed by atoms with Crippen LogP contribution in [0.2, 0.25) is 0 Å². The average Bonchev–Trinajstić information content (AvgIpc) is 2.77. The molecule has 0 atom stereocenters. The van der Waals surface area contributed by atoms with Crippen LogP contribution in [0.1, 0.15) is 20.7 Å². The Kier molecular flexibility index (Phi) is 6.66. The summed E-state index contributed by atoms with van der Waals surface area (Å²) >= 11 is 0. The van der Waals surface area contributed by atoms with E-state index in [9.17, 15) is 22.6 Å². The van der Waals surface area contributed by atoms with E-state index >= 15 is 0 Å². The Labute approximate surface area is 190 Å². The zero-order valence-electron chi connectivity index (χ0n) is 17.8.